The Morgan fingerprint density at radius 3 is 2.93 bits per heavy atom. The molecule has 1 aromatic rings. The predicted octanol–water partition coefficient (Wildman–Crippen LogP) is 2.88. The van der Waals surface area contributed by atoms with E-state index >= 15 is 0 Å². The smallest absolute Gasteiger partial charge is 0.359 e. The molecule has 7 nitrogen and oxygen atoms in total. The molecule has 1 saturated heterocycles. The molecule has 7 heteroatoms. The Kier molecular flexibility index (Phi) is 6.13. The number of amides is 2. The summed E-state index contributed by atoms with van der Waals surface area (Å²) in [4.78, 5) is 25.6. The summed E-state index contributed by atoms with van der Waals surface area (Å²) >= 11 is 0. The molecule has 0 aliphatic carbocycles. The van der Waals surface area contributed by atoms with Crippen molar-refractivity contribution in [2.45, 2.75) is 64.1 Å². The van der Waals surface area contributed by atoms with E-state index in [1.807, 2.05) is 13.8 Å². The van der Waals surface area contributed by atoms with E-state index in [0.717, 1.165) is 32.2 Å². The normalized spacial score (nSPS) is 23.7. The van der Waals surface area contributed by atoms with E-state index in [-0.39, 0.29) is 11.5 Å². The molecule has 2 heterocycles. The van der Waals surface area contributed by atoms with Crippen LogP contribution in [0.5, 0.6) is 0 Å². The van der Waals surface area contributed by atoms with Gasteiger partial charge in [0.15, 0.2) is 0 Å². The molecule has 28 heavy (non-hydrogen) atoms. The van der Waals surface area contributed by atoms with Crippen LogP contribution in [0.15, 0.2) is 18.2 Å². The summed E-state index contributed by atoms with van der Waals surface area (Å²) in [6, 6.07) is 6.67. The minimum absolute atomic E-state index is 0.0179. The van der Waals surface area contributed by atoms with E-state index in [2.05, 4.69) is 53.0 Å². The number of hydrogen-bond acceptors (Lipinski definition) is 5. The van der Waals surface area contributed by atoms with Crippen LogP contribution in [0.3, 0.4) is 0 Å². The van der Waals surface area contributed by atoms with Crippen LogP contribution in [0, 0.1) is 0 Å². The van der Waals surface area contributed by atoms with Gasteiger partial charge >= 0.3 is 12.2 Å². The first kappa shape index (κ1) is 20.5. The summed E-state index contributed by atoms with van der Waals surface area (Å²) in [6.07, 6.45) is 2.54. The summed E-state index contributed by atoms with van der Waals surface area (Å²) in [6.45, 7) is 7.66. The second kappa shape index (κ2) is 8.39. The van der Waals surface area contributed by atoms with Gasteiger partial charge < -0.3 is 20.3 Å². The van der Waals surface area contributed by atoms with Gasteiger partial charge in [0.25, 0.3) is 0 Å². The summed E-state index contributed by atoms with van der Waals surface area (Å²) < 4.78 is 4.70. The third-order valence-corrected chi connectivity index (χ3v) is 6.10. The highest BCUT2D eigenvalue weighted by atomic mass is 16.6. The molecule has 0 spiro atoms. The number of alkyl carbamates (subject to hydrolysis) is 2. The predicted molar refractivity (Wildman–Crippen MR) is 110 cm³/mol. The Bertz CT molecular complexity index is 738. The van der Waals surface area contributed by atoms with Crippen LogP contribution in [0.2, 0.25) is 0 Å². The lowest BCUT2D eigenvalue weighted by Crippen LogP contribution is -2.44. The zero-order valence-corrected chi connectivity index (χ0v) is 17.3. The van der Waals surface area contributed by atoms with Crippen molar-refractivity contribution in [3.63, 3.8) is 0 Å². The first-order valence-corrected chi connectivity index (χ1v) is 10.2. The monoisotopic (exact) mass is 388 g/mol. The molecule has 3 atom stereocenters. The Labute approximate surface area is 167 Å². The van der Waals surface area contributed by atoms with Gasteiger partial charge in [-0.15, -0.1) is 0 Å². The number of fused-ring (bicyclic) bond motifs is 3. The average Bonchev–Trinajstić information content (AvgIpc) is 3.14. The fourth-order valence-electron chi connectivity index (χ4n) is 4.26. The molecule has 154 valence electrons. The lowest BCUT2D eigenvalue weighted by molar-refractivity contribution is 0.148. The number of rotatable bonds is 6. The molecule has 2 amide bonds. The van der Waals surface area contributed by atoms with Gasteiger partial charge in [0.2, 0.25) is 0 Å². The fraction of sp³-hybridized carbons (Fsp3) is 0.619. The lowest BCUT2D eigenvalue weighted by atomic mass is 9.81. The molecule has 1 unspecified atom stereocenters. The van der Waals surface area contributed by atoms with E-state index in [1.54, 1.807) is 0 Å². The van der Waals surface area contributed by atoms with Crippen molar-refractivity contribution in [3.05, 3.63) is 29.3 Å². The number of benzene rings is 1. The highest BCUT2D eigenvalue weighted by Gasteiger charge is 2.49. The number of hydrogen-bond donors (Lipinski definition) is 3. The molecule has 0 aromatic heterocycles. The second-order valence-corrected chi connectivity index (χ2v) is 8.15. The third-order valence-electron chi connectivity index (χ3n) is 6.10. The molecule has 2 aliphatic rings. The number of anilines is 1. The van der Waals surface area contributed by atoms with Gasteiger partial charge in [0, 0.05) is 30.7 Å². The number of nitrogens with one attached hydrogen (secondary N) is 3. The Morgan fingerprint density at radius 2 is 2.18 bits per heavy atom. The summed E-state index contributed by atoms with van der Waals surface area (Å²) in [7, 11) is 2.15. The van der Waals surface area contributed by atoms with Crippen LogP contribution < -0.4 is 20.9 Å². The van der Waals surface area contributed by atoms with Gasteiger partial charge in [-0.1, -0.05) is 26.0 Å². The largest absolute Gasteiger partial charge is 0.416 e. The first-order chi connectivity index (χ1) is 13.3. The number of carbonyl (C=O) groups excluding carboxylic acids is 2. The maximum atomic E-state index is 11.7. The van der Waals surface area contributed by atoms with Crippen LogP contribution in [0.25, 0.3) is 0 Å². The standard InChI is InChI=1S/C21H32N4O3/c1-5-14(2)24-20(27)28-19(26)23-11-6-7-15-8-9-17-16(13-15)21(3)10-12-22-18(21)25(17)4/h8-9,13-14,18,22H,5-7,10-12H2,1-4H3,(H,23,26)(H,24,27)/t14?,18-,21+/m1/s1. The molecule has 3 rings (SSSR count). The van der Waals surface area contributed by atoms with Crippen molar-refractivity contribution in [1.29, 1.82) is 0 Å². The lowest BCUT2D eigenvalue weighted by Gasteiger charge is -2.27. The van der Waals surface area contributed by atoms with E-state index in [1.165, 1.54) is 16.8 Å². The molecule has 2 aliphatic heterocycles. The summed E-state index contributed by atoms with van der Waals surface area (Å²) in [5.74, 6) is 0. The van der Waals surface area contributed by atoms with Crippen LogP contribution >= 0.6 is 0 Å². The van der Waals surface area contributed by atoms with E-state index in [4.69, 9.17) is 4.74 Å². The Hall–Kier alpha value is -2.28. The fourth-order valence-corrected chi connectivity index (χ4v) is 4.26. The van der Waals surface area contributed by atoms with Gasteiger partial charge in [0.05, 0.1) is 6.17 Å². The molecule has 1 aromatic carbocycles. The quantitative estimate of drug-likeness (QED) is 0.516. The van der Waals surface area contributed by atoms with Crippen molar-refractivity contribution >= 4 is 17.9 Å². The van der Waals surface area contributed by atoms with Crippen LogP contribution in [-0.2, 0) is 16.6 Å². The van der Waals surface area contributed by atoms with Gasteiger partial charge in [-0.25, -0.2) is 9.59 Å². The second-order valence-electron chi connectivity index (χ2n) is 8.15. The average molecular weight is 389 g/mol. The Morgan fingerprint density at radius 1 is 1.39 bits per heavy atom. The molecule has 3 N–H and O–H groups in total. The van der Waals surface area contributed by atoms with Gasteiger partial charge in [0.1, 0.15) is 0 Å². The van der Waals surface area contributed by atoms with E-state index in [9.17, 15) is 9.59 Å². The van der Waals surface area contributed by atoms with Gasteiger partial charge in [-0.05, 0) is 56.3 Å². The van der Waals surface area contributed by atoms with Crippen molar-refractivity contribution in [3.8, 4) is 0 Å². The maximum absolute atomic E-state index is 11.7. The minimum atomic E-state index is -0.706. The van der Waals surface area contributed by atoms with Gasteiger partial charge in [-0.2, -0.15) is 0 Å². The highest BCUT2D eigenvalue weighted by molar-refractivity contribution is 5.83. The molecular weight excluding hydrogens is 356 g/mol. The third kappa shape index (κ3) is 4.09. The summed E-state index contributed by atoms with van der Waals surface area (Å²) in [5, 5.41) is 8.84. The topological polar surface area (TPSA) is 82.7 Å². The Balaban J connectivity index is 1.47. The van der Waals surface area contributed by atoms with E-state index < -0.39 is 12.2 Å². The molecule has 0 radical (unpaired) electrons. The molecule has 1 fully saturated rings. The van der Waals surface area contributed by atoms with E-state index in [0.29, 0.717) is 12.7 Å². The number of carbonyl (C=O) groups is 2. The molecule has 0 bridgehead atoms. The molecular formula is C21H32N4O3. The maximum Gasteiger partial charge on any atom is 0.416 e. The first-order valence-electron chi connectivity index (χ1n) is 10.2. The van der Waals surface area contributed by atoms with Crippen LogP contribution in [0.1, 0.15) is 51.2 Å². The van der Waals surface area contributed by atoms with Gasteiger partial charge in [-0.3, -0.25) is 5.32 Å². The number of likely N-dealkylation sites (N-methyl/N-ethyl adjacent to an activating group) is 1. The zero-order chi connectivity index (χ0) is 20.3. The van der Waals surface area contributed by atoms with Crippen molar-refractivity contribution in [2.24, 2.45) is 0 Å². The number of aryl methyl sites for hydroxylation is 1. The summed E-state index contributed by atoms with van der Waals surface area (Å²) in [5.41, 5.74) is 4.14. The van der Waals surface area contributed by atoms with Crippen LogP contribution in [-0.4, -0.2) is 44.5 Å². The minimum Gasteiger partial charge on any atom is -0.359 e. The van der Waals surface area contributed by atoms with Crippen molar-refractivity contribution in [2.75, 3.05) is 25.0 Å². The SMILES string of the molecule is CCC(C)NC(=O)OC(=O)NCCCc1ccc2c(c1)[C@]1(C)CCN[C@@H]1N2C. The molecule has 0 saturated carbocycles. The highest BCUT2D eigenvalue weighted by Crippen LogP contribution is 2.48. The zero-order valence-electron chi connectivity index (χ0n) is 17.3. The number of nitrogens with zero attached hydrogens (tertiary/aromatic N) is 1. The van der Waals surface area contributed by atoms with Crippen molar-refractivity contribution < 1.29 is 14.3 Å². The van der Waals surface area contributed by atoms with Crippen molar-refractivity contribution in [1.82, 2.24) is 16.0 Å². The van der Waals surface area contributed by atoms with Crippen LogP contribution in [0.4, 0.5) is 15.3 Å². The number of ether oxygens (including phenoxy) is 1.